The number of nitrogens with one attached hydrogen (secondary N) is 1. The van der Waals surface area contributed by atoms with Crippen LogP contribution in [-0.2, 0) is 6.42 Å². The van der Waals surface area contributed by atoms with Gasteiger partial charge in [-0.25, -0.2) is 0 Å². The average Bonchev–Trinajstić information content (AvgIpc) is 2.69. The van der Waals surface area contributed by atoms with Gasteiger partial charge in [-0.1, -0.05) is 92.4 Å². The van der Waals surface area contributed by atoms with Gasteiger partial charge in [-0.2, -0.15) is 0 Å². The van der Waals surface area contributed by atoms with Crippen molar-refractivity contribution >= 4 is 11.8 Å². The molecule has 0 radical (unpaired) electrons. The Hall–Kier alpha value is -3.06. The van der Waals surface area contributed by atoms with E-state index < -0.39 is 0 Å². The van der Waals surface area contributed by atoms with Crippen LogP contribution in [0.3, 0.4) is 0 Å². The molecule has 0 bridgehead atoms. The number of rotatable bonds is 9. The first-order valence-corrected chi connectivity index (χ1v) is 9.79. The molecule has 1 N–H and O–H groups in total. The molecule has 0 fully saturated rings. The smallest absolute Gasteiger partial charge is 0.0381 e. The molecule has 1 heteroatoms. The molecule has 2 rings (SSSR count). The van der Waals surface area contributed by atoms with Gasteiger partial charge in [0.25, 0.3) is 0 Å². The maximum absolute atomic E-state index is 4.15. The van der Waals surface area contributed by atoms with Crippen LogP contribution in [0.1, 0.15) is 37.0 Å². The summed E-state index contributed by atoms with van der Waals surface area (Å²) in [4.78, 5) is 0. The van der Waals surface area contributed by atoms with E-state index in [1.807, 2.05) is 0 Å². The molecule has 0 aliphatic rings. The van der Waals surface area contributed by atoms with Crippen LogP contribution in [0.15, 0.2) is 103 Å². The van der Waals surface area contributed by atoms with Crippen LogP contribution in [0.4, 0.5) is 5.69 Å². The van der Waals surface area contributed by atoms with Gasteiger partial charge in [0.15, 0.2) is 0 Å². The normalized spacial score (nSPS) is 11.9. The second kappa shape index (κ2) is 10.9. The Morgan fingerprint density at radius 3 is 2.32 bits per heavy atom. The van der Waals surface area contributed by atoms with Gasteiger partial charge in [0.2, 0.25) is 0 Å². The van der Waals surface area contributed by atoms with Gasteiger partial charge in [-0.15, -0.1) is 0 Å². The molecule has 0 atom stereocenters. The first-order valence-electron chi connectivity index (χ1n) is 9.79. The Bertz CT molecular complexity index is 875. The topological polar surface area (TPSA) is 12.0 Å². The zero-order valence-corrected chi connectivity index (χ0v) is 17.3. The summed E-state index contributed by atoms with van der Waals surface area (Å²) >= 11 is 0. The molecule has 2 aromatic rings. The Labute approximate surface area is 170 Å². The molecule has 0 aliphatic heterocycles. The van der Waals surface area contributed by atoms with Crippen LogP contribution in [0.2, 0.25) is 0 Å². The lowest BCUT2D eigenvalue weighted by Crippen LogP contribution is -2.01. The maximum Gasteiger partial charge on any atom is 0.0381 e. The van der Waals surface area contributed by atoms with Gasteiger partial charge in [0.05, 0.1) is 0 Å². The molecule has 0 aromatic heterocycles. The van der Waals surface area contributed by atoms with E-state index in [4.69, 9.17) is 0 Å². The van der Waals surface area contributed by atoms with Crippen molar-refractivity contribution in [2.75, 3.05) is 5.32 Å². The zero-order valence-electron chi connectivity index (χ0n) is 17.3. The SMILES string of the molecule is C=C(Cc1ccc(/C=C/C(=C)/C(C)=C/C=C\CC)cc1)Nc1ccc(C)cc1. The van der Waals surface area contributed by atoms with Gasteiger partial charge in [-0.05, 0) is 54.7 Å². The summed E-state index contributed by atoms with van der Waals surface area (Å²) in [5.74, 6) is 0. The van der Waals surface area contributed by atoms with Crippen LogP contribution >= 0.6 is 0 Å². The summed E-state index contributed by atoms with van der Waals surface area (Å²) in [5, 5.41) is 3.37. The number of allylic oxidation sites excluding steroid dienone is 7. The predicted molar refractivity (Wildman–Crippen MR) is 125 cm³/mol. The summed E-state index contributed by atoms with van der Waals surface area (Å²) in [6, 6.07) is 16.9. The minimum absolute atomic E-state index is 0.802. The van der Waals surface area contributed by atoms with E-state index in [0.29, 0.717) is 0 Å². The fourth-order valence-corrected chi connectivity index (χ4v) is 2.66. The molecule has 2 aromatic carbocycles. The third-order valence-corrected chi connectivity index (χ3v) is 4.47. The third kappa shape index (κ3) is 7.28. The summed E-state index contributed by atoms with van der Waals surface area (Å²) in [7, 11) is 0. The summed E-state index contributed by atoms with van der Waals surface area (Å²) in [6.45, 7) is 14.6. The van der Waals surface area contributed by atoms with Crippen molar-refractivity contribution in [3.63, 3.8) is 0 Å². The highest BCUT2D eigenvalue weighted by Crippen LogP contribution is 2.16. The monoisotopic (exact) mass is 369 g/mol. The summed E-state index contributed by atoms with van der Waals surface area (Å²) in [6.07, 6.45) is 12.3. The molecule has 144 valence electrons. The zero-order chi connectivity index (χ0) is 20.4. The van der Waals surface area contributed by atoms with Gasteiger partial charge in [0, 0.05) is 17.8 Å². The quantitative estimate of drug-likeness (QED) is 0.448. The van der Waals surface area contributed by atoms with E-state index >= 15 is 0 Å². The lowest BCUT2D eigenvalue weighted by molar-refractivity contribution is 1.16. The van der Waals surface area contributed by atoms with Crippen molar-refractivity contribution in [3.05, 3.63) is 120 Å². The van der Waals surface area contributed by atoms with Crippen molar-refractivity contribution in [2.45, 2.75) is 33.6 Å². The maximum atomic E-state index is 4.15. The predicted octanol–water partition coefficient (Wildman–Crippen LogP) is 7.65. The van der Waals surface area contributed by atoms with Crippen LogP contribution in [0.25, 0.3) is 6.08 Å². The van der Waals surface area contributed by atoms with Gasteiger partial charge in [-0.3, -0.25) is 0 Å². The van der Waals surface area contributed by atoms with Gasteiger partial charge in [0.1, 0.15) is 0 Å². The first kappa shape index (κ1) is 21.2. The average molecular weight is 370 g/mol. The van der Waals surface area contributed by atoms with Crippen molar-refractivity contribution in [3.8, 4) is 0 Å². The molecule has 0 saturated carbocycles. The number of hydrogen-bond donors (Lipinski definition) is 1. The molecule has 0 unspecified atom stereocenters. The molecule has 0 aliphatic carbocycles. The molecule has 28 heavy (non-hydrogen) atoms. The largest absolute Gasteiger partial charge is 0.359 e. The van der Waals surface area contributed by atoms with Crippen molar-refractivity contribution in [1.82, 2.24) is 0 Å². The van der Waals surface area contributed by atoms with E-state index in [1.54, 1.807) is 0 Å². The third-order valence-electron chi connectivity index (χ3n) is 4.47. The minimum Gasteiger partial charge on any atom is -0.359 e. The van der Waals surface area contributed by atoms with Crippen LogP contribution in [-0.4, -0.2) is 0 Å². The first-order chi connectivity index (χ1) is 13.5. The number of aryl methyl sites for hydroxylation is 1. The molecule has 1 nitrogen and oxygen atoms in total. The fraction of sp³-hybridized carbons (Fsp3) is 0.185. The van der Waals surface area contributed by atoms with E-state index in [0.717, 1.165) is 29.8 Å². The van der Waals surface area contributed by atoms with E-state index in [9.17, 15) is 0 Å². The summed E-state index contributed by atoms with van der Waals surface area (Å²) < 4.78 is 0. The molecule has 0 spiro atoms. The Morgan fingerprint density at radius 1 is 1.00 bits per heavy atom. The highest BCUT2D eigenvalue weighted by atomic mass is 14.9. The van der Waals surface area contributed by atoms with Gasteiger partial charge >= 0.3 is 0 Å². The highest BCUT2D eigenvalue weighted by molar-refractivity contribution is 5.56. The summed E-state index contributed by atoms with van der Waals surface area (Å²) in [5.41, 5.74) is 7.93. The Morgan fingerprint density at radius 2 is 1.68 bits per heavy atom. The standard InChI is InChI=1S/C27H31N/c1-6-7-8-9-22(3)23(4)12-13-25-14-16-26(17-15-25)20-24(5)28-27-18-10-21(2)11-19-27/h7-19,28H,4-6,20H2,1-3H3/b8-7-,13-12+,22-9+. The minimum atomic E-state index is 0.802. The highest BCUT2D eigenvalue weighted by Gasteiger charge is 1.99. The van der Waals surface area contributed by atoms with Crippen molar-refractivity contribution in [2.24, 2.45) is 0 Å². The fourth-order valence-electron chi connectivity index (χ4n) is 2.66. The van der Waals surface area contributed by atoms with E-state index in [2.05, 4.69) is 118 Å². The number of anilines is 1. The molecule has 0 saturated heterocycles. The lowest BCUT2D eigenvalue weighted by atomic mass is 10.0. The second-order valence-corrected chi connectivity index (χ2v) is 7.06. The van der Waals surface area contributed by atoms with E-state index in [1.165, 1.54) is 22.3 Å². The van der Waals surface area contributed by atoms with Crippen molar-refractivity contribution in [1.29, 1.82) is 0 Å². The van der Waals surface area contributed by atoms with Gasteiger partial charge < -0.3 is 5.32 Å². The van der Waals surface area contributed by atoms with Crippen LogP contribution < -0.4 is 5.32 Å². The number of benzene rings is 2. The molecule has 0 heterocycles. The molecular weight excluding hydrogens is 338 g/mol. The second-order valence-electron chi connectivity index (χ2n) is 7.06. The van der Waals surface area contributed by atoms with E-state index in [-0.39, 0.29) is 0 Å². The number of hydrogen-bond acceptors (Lipinski definition) is 1. The Kier molecular flexibility index (Phi) is 8.30. The molecule has 0 amide bonds. The van der Waals surface area contributed by atoms with Crippen molar-refractivity contribution < 1.29 is 0 Å². The lowest BCUT2D eigenvalue weighted by Gasteiger charge is -2.10. The van der Waals surface area contributed by atoms with Crippen LogP contribution in [0, 0.1) is 6.92 Å². The Balaban J connectivity index is 1.91. The van der Waals surface area contributed by atoms with Crippen LogP contribution in [0.5, 0.6) is 0 Å². The molecular formula is C27H31N.